The number of carbonyl (C=O) groups excluding carboxylic acids is 3. The standard InChI is InChI=1S/C30H27Cl2N3O4/c1-30(2)15-23-26(25(36)16-30)27(17-8-10-18(11-9-17)28(37)39-3)35(24-7-5-4-6-22(24)34-23)29(38)33-19-12-13-20(31)21(32)14-19/h4-14,27,34H,15-16H2,1-3H3,(H,33,38)/t27-/m1/s1. The van der Waals surface area contributed by atoms with E-state index in [-0.39, 0.29) is 11.2 Å². The lowest BCUT2D eigenvalue weighted by molar-refractivity contribution is -0.118. The van der Waals surface area contributed by atoms with E-state index in [0.29, 0.717) is 56.6 Å². The third-order valence-corrected chi connectivity index (χ3v) is 7.68. The smallest absolute Gasteiger partial charge is 0.337 e. The first-order valence-electron chi connectivity index (χ1n) is 12.4. The Morgan fingerprint density at radius 2 is 1.72 bits per heavy atom. The van der Waals surface area contributed by atoms with Crippen LogP contribution in [-0.4, -0.2) is 24.9 Å². The summed E-state index contributed by atoms with van der Waals surface area (Å²) in [6.45, 7) is 4.12. The molecular formula is C30H27Cl2N3O4. The van der Waals surface area contributed by atoms with Gasteiger partial charge in [-0.05, 0) is 59.9 Å². The van der Waals surface area contributed by atoms with Gasteiger partial charge in [-0.15, -0.1) is 0 Å². The second-order valence-electron chi connectivity index (χ2n) is 10.4. The number of fused-ring (bicyclic) bond motifs is 1. The van der Waals surface area contributed by atoms with Crippen LogP contribution in [-0.2, 0) is 9.53 Å². The highest BCUT2D eigenvalue weighted by Crippen LogP contribution is 2.48. The predicted octanol–water partition coefficient (Wildman–Crippen LogP) is 7.63. The van der Waals surface area contributed by atoms with Crippen molar-refractivity contribution >= 4 is 58.0 Å². The monoisotopic (exact) mass is 563 g/mol. The summed E-state index contributed by atoms with van der Waals surface area (Å²) in [6.07, 6.45) is 0.963. The Labute approximate surface area is 236 Å². The fourth-order valence-electron chi connectivity index (χ4n) is 5.20. The first kappa shape index (κ1) is 26.8. The number of methoxy groups -OCH3 is 1. The molecule has 1 aliphatic heterocycles. The van der Waals surface area contributed by atoms with Gasteiger partial charge >= 0.3 is 12.0 Å². The Hall–Kier alpha value is -3.81. The van der Waals surface area contributed by atoms with Gasteiger partial charge in [0.2, 0.25) is 0 Å². The van der Waals surface area contributed by atoms with Gasteiger partial charge in [0.15, 0.2) is 5.78 Å². The molecule has 0 saturated heterocycles. The molecule has 0 spiro atoms. The van der Waals surface area contributed by atoms with Crippen LogP contribution < -0.4 is 15.5 Å². The van der Waals surface area contributed by atoms with Gasteiger partial charge in [0.1, 0.15) is 0 Å². The Morgan fingerprint density at radius 3 is 2.41 bits per heavy atom. The van der Waals surface area contributed by atoms with E-state index in [1.165, 1.54) is 7.11 Å². The second kappa shape index (κ2) is 10.4. The van der Waals surface area contributed by atoms with E-state index < -0.39 is 18.0 Å². The van der Waals surface area contributed by atoms with Crippen molar-refractivity contribution in [2.24, 2.45) is 5.41 Å². The number of anilines is 3. The van der Waals surface area contributed by atoms with Gasteiger partial charge in [-0.25, -0.2) is 9.59 Å². The van der Waals surface area contributed by atoms with Crippen molar-refractivity contribution in [2.75, 3.05) is 22.6 Å². The molecule has 0 saturated carbocycles. The van der Waals surface area contributed by atoms with Crippen LogP contribution >= 0.6 is 23.2 Å². The summed E-state index contributed by atoms with van der Waals surface area (Å²) < 4.78 is 4.85. The number of benzene rings is 3. The van der Waals surface area contributed by atoms with Gasteiger partial charge in [0.25, 0.3) is 0 Å². The second-order valence-corrected chi connectivity index (χ2v) is 11.2. The van der Waals surface area contributed by atoms with Crippen LogP contribution in [0.1, 0.15) is 48.7 Å². The van der Waals surface area contributed by atoms with Crippen molar-refractivity contribution in [2.45, 2.75) is 32.7 Å². The third-order valence-electron chi connectivity index (χ3n) is 6.94. The lowest BCUT2D eigenvalue weighted by Crippen LogP contribution is -2.41. The summed E-state index contributed by atoms with van der Waals surface area (Å²) in [4.78, 5) is 41.6. The Balaban J connectivity index is 1.69. The Bertz CT molecular complexity index is 1510. The molecule has 0 fully saturated rings. The minimum atomic E-state index is -0.769. The molecule has 0 bridgehead atoms. The minimum Gasteiger partial charge on any atom is -0.465 e. The number of ketones is 1. The van der Waals surface area contributed by atoms with Gasteiger partial charge in [0.05, 0.1) is 40.1 Å². The quantitative estimate of drug-likeness (QED) is 0.320. The van der Waals surface area contributed by atoms with Crippen LogP contribution in [0.4, 0.5) is 21.9 Å². The van der Waals surface area contributed by atoms with Crippen molar-refractivity contribution in [3.05, 3.63) is 99.2 Å². The maximum Gasteiger partial charge on any atom is 0.337 e. The first-order valence-corrected chi connectivity index (χ1v) is 13.2. The van der Waals surface area contributed by atoms with Crippen molar-refractivity contribution in [3.8, 4) is 0 Å². The highest BCUT2D eigenvalue weighted by atomic mass is 35.5. The molecule has 39 heavy (non-hydrogen) atoms. The molecule has 0 radical (unpaired) electrons. The number of esters is 1. The molecule has 7 nitrogen and oxygen atoms in total. The van der Waals surface area contributed by atoms with E-state index in [2.05, 4.69) is 24.5 Å². The van der Waals surface area contributed by atoms with Crippen LogP contribution in [0.15, 0.2) is 78.0 Å². The topological polar surface area (TPSA) is 87.7 Å². The summed E-state index contributed by atoms with van der Waals surface area (Å²) >= 11 is 12.3. The number of rotatable bonds is 3. The molecular weight excluding hydrogens is 537 g/mol. The average Bonchev–Trinajstić information content (AvgIpc) is 3.04. The van der Waals surface area contributed by atoms with Gasteiger partial charge in [-0.2, -0.15) is 0 Å². The van der Waals surface area contributed by atoms with E-state index in [1.54, 1.807) is 47.4 Å². The van der Waals surface area contributed by atoms with Gasteiger partial charge < -0.3 is 15.4 Å². The lowest BCUT2D eigenvalue weighted by Gasteiger charge is -2.37. The number of nitrogens with zero attached hydrogens (tertiary/aromatic N) is 1. The van der Waals surface area contributed by atoms with Crippen LogP contribution in [0, 0.1) is 5.41 Å². The van der Waals surface area contributed by atoms with Crippen molar-refractivity contribution in [3.63, 3.8) is 0 Å². The van der Waals surface area contributed by atoms with Gasteiger partial charge in [0, 0.05) is 23.4 Å². The minimum absolute atomic E-state index is 0.0454. The van der Waals surface area contributed by atoms with E-state index in [0.717, 1.165) is 5.70 Å². The van der Waals surface area contributed by atoms with E-state index in [1.807, 2.05) is 24.3 Å². The predicted molar refractivity (Wildman–Crippen MR) is 154 cm³/mol. The van der Waals surface area contributed by atoms with E-state index >= 15 is 0 Å². The molecule has 3 aromatic rings. The number of hydrogen-bond donors (Lipinski definition) is 2. The SMILES string of the molecule is COC(=O)c1ccc([C@@H]2C3=C(CC(C)(C)CC3=O)Nc3ccccc3N2C(=O)Nc2ccc(Cl)c(Cl)c2)cc1. The molecule has 1 heterocycles. The van der Waals surface area contributed by atoms with Crippen molar-refractivity contribution in [1.82, 2.24) is 0 Å². The zero-order valence-corrected chi connectivity index (χ0v) is 23.2. The summed E-state index contributed by atoms with van der Waals surface area (Å²) in [5.41, 5.74) is 3.82. The maximum atomic E-state index is 14.1. The number of nitrogens with one attached hydrogen (secondary N) is 2. The Kier molecular flexibility index (Phi) is 7.14. The Morgan fingerprint density at radius 1 is 1.00 bits per heavy atom. The van der Waals surface area contributed by atoms with Gasteiger partial charge in [-0.3, -0.25) is 9.69 Å². The lowest BCUT2D eigenvalue weighted by atomic mass is 9.73. The van der Waals surface area contributed by atoms with Crippen molar-refractivity contribution in [1.29, 1.82) is 0 Å². The number of amides is 2. The number of ether oxygens (including phenoxy) is 1. The highest BCUT2D eigenvalue weighted by Gasteiger charge is 2.43. The number of Topliss-reactive ketones (excluding diaryl/α,β-unsaturated/α-hetero) is 1. The number of carbonyl (C=O) groups is 3. The number of urea groups is 1. The first-order chi connectivity index (χ1) is 18.6. The fourth-order valence-corrected chi connectivity index (χ4v) is 5.50. The van der Waals surface area contributed by atoms with Crippen LogP contribution in [0.25, 0.3) is 0 Å². The highest BCUT2D eigenvalue weighted by molar-refractivity contribution is 6.42. The molecule has 2 amide bonds. The average molecular weight is 564 g/mol. The molecule has 1 aliphatic carbocycles. The fraction of sp³-hybridized carbons (Fsp3) is 0.233. The number of halogens is 2. The third kappa shape index (κ3) is 5.24. The van der Waals surface area contributed by atoms with Crippen LogP contribution in [0.2, 0.25) is 10.0 Å². The molecule has 2 aliphatic rings. The number of para-hydroxylation sites is 2. The molecule has 0 unspecified atom stereocenters. The molecule has 200 valence electrons. The molecule has 9 heteroatoms. The molecule has 5 rings (SSSR count). The zero-order valence-electron chi connectivity index (χ0n) is 21.7. The summed E-state index contributed by atoms with van der Waals surface area (Å²) in [6, 6.07) is 17.8. The molecule has 0 aromatic heterocycles. The number of hydrogen-bond acceptors (Lipinski definition) is 5. The maximum absolute atomic E-state index is 14.1. The van der Waals surface area contributed by atoms with E-state index in [4.69, 9.17) is 27.9 Å². The normalized spacial score (nSPS) is 17.9. The number of allylic oxidation sites excluding steroid dienone is 1. The van der Waals surface area contributed by atoms with Gasteiger partial charge in [-0.1, -0.05) is 61.3 Å². The molecule has 3 aromatic carbocycles. The summed E-state index contributed by atoms with van der Waals surface area (Å²) in [5.74, 6) is -0.519. The summed E-state index contributed by atoms with van der Waals surface area (Å²) in [7, 11) is 1.32. The van der Waals surface area contributed by atoms with Crippen molar-refractivity contribution < 1.29 is 19.1 Å². The molecule has 2 N–H and O–H groups in total. The van der Waals surface area contributed by atoms with Crippen LogP contribution in [0.3, 0.4) is 0 Å². The largest absolute Gasteiger partial charge is 0.465 e. The molecule has 1 atom stereocenters. The zero-order chi connectivity index (χ0) is 27.9. The van der Waals surface area contributed by atoms with Crippen LogP contribution in [0.5, 0.6) is 0 Å². The van der Waals surface area contributed by atoms with E-state index in [9.17, 15) is 14.4 Å². The summed E-state index contributed by atoms with van der Waals surface area (Å²) in [5, 5.41) is 7.07.